The lowest BCUT2D eigenvalue weighted by molar-refractivity contribution is -0.140. The molecular weight excluding hydrogens is 761 g/mol. The lowest BCUT2D eigenvalue weighted by Gasteiger charge is -2.34. The average Bonchev–Trinajstić information content (AvgIpc) is 3.99. The van der Waals surface area contributed by atoms with Crippen LogP contribution >= 0.6 is 0 Å². The third kappa shape index (κ3) is 7.46. The van der Waals surface area contributed by atoms with Crippen molar-refractivity contribution in [1.29, 1.82) is 0 Å². The van der Waals surface area contributed by atoms with E-state index in [0.717, 1.165) is 33.9 Å². The van der Waals surface area contributed by atoms with Gasteiger partial charge >= 0.3 is 11.9 Å². The Labute approximate surface area is 355 Å². The van der Waals surface area contributed by atoms with Crippen LogP contribution in [0.4, 0.5) is 11.4 Å². The molecule has 2 heterocycles. The van der Waals surface area contributed by atoms with Crippen LogP contribution in [-0.4, -0.2) is 49.8 Å². The highest BCUT2D eigenvalue weighted by Gasteiger charge is 2.46. The van der Waals surface area contributed by atoms with Gasteiger partial charge in [0.25, 0.3) is 0 Å². The Morgan fingerprint density at radius 1 is 0.541 bits per heavy atom. The van der Waals surface area contributed by atoms with Crippen LogP contribution < -0.4 is 9.47 Å². The normalized spacial score (nSPS) is 13.8. The number of hydrogen-bond acceptors (Lipinski definition) is 8. The van der Waals surface area contributed by atoms with Crippen molar-refractivity contribution in [3.05, 3.63) is 202 Å². The fourth-order valence-corrected chi connectivity index (χ4v) is 8.55. The fourth-order valence-electron chi connectivity index (χ4n) is 8.55. The molecule has 8 nitrogen and oxygen atoms in total. The van der Waals surface area contributed by atoms with E-state index >= 15 is 0 Å². The summed E-state index contributed by atoms with van der Waals surface area (Å²) in [6, 6.07) is 47.0. The topological polar surface area (TPSA) is 95.8 Å². The molecule has 0 bridgehead atoms. The van der Waals surface area contributed by atoms with Gasteiger partial charge in [0.05, 0.1) is 28.2 Å². The second-order valence-corrected chi connectivity index (χ2v) is 15.6. The average molecular weight is 805 g/mol. The van der Waals surface area contributed by atoms with Gasteiger partial charge < -0.3 is 18.9 Å². The Hall–Kier alpha value is -7.32. The van der Waals surface area contributed by atoms with Gasteiger partial charge in [-0.3, -0.25) is 9.98 Å². The number of aliphatic imine (C=N–C) groups is 2. The first-order valence-corrected chi connectivity index (χ1v) is 20.4. The van der Waals surface area contributed by atoms with Gasteiger partial charge in [-0.1, -0.05) is 86.0 Å². The first-order chi connectivity index (χ1) is 29.7. The molecule has 0 saturated heterocycles. The maximum Gasteiger partial charge on any atom is 0.333 e. The number of carbonyl (C=O) groups excluding carboxylic acids is 2. The van der Waals surface area contributed by atoms with E-state index < -0.39 is 17.4 Å². The van der Waals surface area contributed by atoms with Crippen molar-refractivity contribution in [2.24, 2.45) is 9.98 Å². The second kappa shape index (κ2) is 16.4. The third-order valence-electron chi connectivity index (χ3n) is 11.4. The Morgan fingerprint density at radius 3 is 1.36 bits per heavy atom. The van der Waals surface area contributed by atoms with Gasteiger partial charge in [-0.05, 0) is 130 Å². The summed E-state index contributed by atoms with van der Waals surface area (Å²) in [7, 11) is 0. The van der Waals surface area contributed by atoms with Crippen molar-refractivity contribution in [2.45, 2.75) is 32.1 Å². The molecule has 61 heavy (non-hydrogen) atoms. The van der Waals surface area contributed by atoms with Crippen molar-refractivity contribution >= 4 is 34.7 Å². The number of ether oxygens (including phenoxy) is 4. The monoisotopic (exact) mass is 804 g/mol. The first-order valence-electron chi connectivity index (χ1n) is 20.4. The maximum atomic E-state index is 11.7. The quantitative estimate of drug-likeness (QED) is 0.0617. The van der Waals surface area contributed by atoms with Gasteiger partial charge in [0.15, 0.2) is 0 Å². The molecule has 0 radical (unpaired) electrons. The van der Waals surface area contributed by atoms with Crippen molar-refractivity contribution in [2.75, 3.05) is 26.4 Å². The summed E-state index contributed by atoms with van der Waals surface area (Å²) < 4.78 is 21.9. The van der Waals surface area contributed by atoms with Crippen LogP contribution in [0.5, 0.6) is 11.5 Å². The molecule has 6 aromatic rings. The summed E-state index contributed by atoms with van der Waals surface area (Å²) in [4.78, 5) is 33.6. The largest absolute Gasteiger partial charge is 0.490 e. The minimum absolute atomic E-state index is 0.153. The van der Waals surface area contributed by atoms with E-state index in [1.165, 1.54) is 44.5 Å². The van der Waals surface area contributed by atoms with E-state index in [9.17, 15) is 9.59 Å². The molecule has 8 heteroatoms. The van der Waals surface area contributed by atoms with Crippen LogP contribution in [-0.2, 0) is 37.3 Å². The molecule has 0 unspecified atom stereocenters. The minimum Gasteiger partial charge on any atom is -0.490 e. The maximum absolute atomic E-state index is 11.7. The molecule has 2 aliphatic heterocycles. The van der Waals surface area contributed by atoms with Crippen LogP contribution in [0.1, 0.15) is 58.4 Å². The molecule has 302 valence electrons. The molecule has 0 atom stereocenters. The lowest BCUT2D eigenvalue weighted by atomic mass is 9.67. The number of benzene rings is 6. The van der Waals surface area contributed by atoms with Crippen LogP contribution in [0.25, 0.3) is 11.1 Å². The van der Waals surface area contributed by atoms with Crippen LogP contribution in [0.15, 0.2) is 168 Å². The van der Waals surface area contributed by atoms with E-state index in [-0.39, 0.29) is 26.4 Å². The summed E-state index contributed by atoms with van der Waals surface area (Å²) in [6.45, 7) is 11.3. The zero-order valence-corrected chi connectivity index (χ0v) is 34.2. The van der Waals surface area contributed by atoms with Gasteiger partial charge in [0.1, 0.15) is 37.9 Å². The Kier molecular flexibility index (Phi) is 10.5. The van der Waals surface area contributed by atoms with Gasteiger partial charge in [0, 0.05) is 24.0 Å². The summed E-state index contributed by atoms with van der Waals surface area (Å²) in [5.41, 5.74) is 15.9. The van der Waals surface area contributed by atoms with E-state index in [4.69, 9.17) is 28.9 Å². The van der Waals surface area contributed by atoms with Crippen LogP contribution in [0, 0.1) is 0 Å². The summed E-state index contributed by atoms with van der Waals surface area (Å²) >= 11 is 0. The van der Waals surface area contributed by atoms with Gasteiger partial charge in [-0.2, -0.15) is 0 Å². The van der Waals surface area contributed by atoms with Crippen molar-refractivity contribution in [1.82, 2.24) is 0 Å². The Bertz CT molecular complexity index is 2610. The Morgan fingerprint density at radius 2 is 0.951 bits per heavy atom. The molecule has 9 rings (SSSR count). The predicted octanol–water partition coefficient (Wildman–Crippen LogP) is 10.4. The highest BCUT2D eigenvalue weighted by molar-refractivity contribution is 6.07. The molecule has 3 aliphatic rings. The summed E-state index contributed by atoms with van der Waals surface area (Å²) in [6.07, 6.45) is 1.40. The third-order valence-corrected chi connectivity index (χ3v) is 11.4. The van der Waals surface area contributed by atoms with Crippen molar-refractivity contribution in [3.63, 3.8) is 0 Å². The number of hydrogen-bond donors (Lipinski definition) is 0. The number of fused-ring (bicyclic) bond motifs is 5. The van der Waals surface area contributed by atoms with E-state index in [1.807, 2.05) is 48.5 Å². The minimum atomic E-state index is -0.571. The summed E-state index contributed by atoms with van der Waals surface area (Å²) in [5.74, 6) is 0.547. The molecule has 0 fully saturated rings. The highest BCUT2D eigenvalue weighted by Crippen LogP contribution is 2.57. The van der Waals surface area contributed by atoms with E-state index in [2.05, 4.69) is 98.1 Å². The van der Waals surface area contributed by atoms with E-state index in [1.54, 1.807) is 13.8 Å². The number of nitrogens with zero attached hydrogens (tertiary/aromatic N) is 2. The summed E-state index contributed by atoms with van der Waals surface area (Å²) in [5, 5.41) is 0. The van der Waals surface area contributed by atoms with E-state index in [0.29, 0.717) is 35.5 Å². The molecule has 0 saturated carbocycles. The number of carbonyl (C=O) groups is 2. The van der Waals surface area contributed by atoms with Gasteiger partial charge in [0.2, 0.25) is 0 Å². The predicted molar refractivity (Wildman–Crippen MR) is 239 cm³/mol. The Balaban J connectivity index is 0.973. The zero-order chi connectivity index (χ0) is 42.1. The van der Waals surface area contributed by atoms with Crippen molar-refractivity contribution in [3.8, 4) is 22.6 Å². The smallest absolute Gasteiger partial charge is 0.333 e. The SMILES string of the molecule is C=C(C)C(=O)OCCOc1ccc(C2=Nc3ccc(C4(c5ccc6c(c5)CC(c5ccc(OCCOC(=O)C(=C)C)cc5)=N6)c5ccccc5-c5ccccc54)cc3C2)cc1. The molecule has 6 aromatic carbocycles. The molecule has 0 spiro atoms. The first kappa shape index (κ1) is 39.2. The molecule has 0 N–H and O–H groups in total. The van der Waals surface area contributed by atoms with Crippen molar-refractivity contribution < 1.29 is 28.5 Å². The number of rotatable bonds is 14. The van der Waals surface area contributed by atoms with Gasteiger partial charge in [-0.15, -0.1) is 0 Å². The molecule has 0 aromatic heterocycles. The highest BCUT2D eigenvalue weighted by atomic mass is 16.6. The second-order valence-electron chi connectivity index (χ2n) is 15.6. The lowest BCUT2D eigenvalue weighted by Crippen LogP contribution is -2.29. The van der Waals surface area contributed by atoms with Crippen LogP contribution in [0.2, 0.25) is 0 Å². The molecule has 0 amide bonds. The van der Waals surface area contributed by atoms with Gasteiger partial charge in [-0.25, -0.2) is 9.59 Å². The fraction of sp³-hybridized carbons (Fsp3) is 0.170. The molecule has 1 aliphatic carbocycles. The molecular formula is C53H44N2O6. The number of esters is 2. The standard InChI is InChI=1S/C53H44N2O6/c1-33(2)51(56)60-27-25-58-41-19-13-35(14-20-41)49-31-37-29-39(17-23-47(37)54-49)53(45-11-7-5-9-43(45)44-10-6-8-12-46(44)53)40-18-24-48-38(30-40)32-50(55-48)36-15-21-42(22-16-36)59-26-28-61-52(57)34(3)4/h5-24,29-30H,1,3,25-28,31-32H2,2,4H3. The van der Waals surface area contributed by atoms with Crippen LogP contribution in [0.3, 0.4) is 0 Å². The zero-order valence-electron chi connectivity index (χ0n) is 34.2.